The van der Waals surface area contributed by atoms with Crippen LogP contribution in [0.4, 0.5) is 0 Å². The molecule has 3 aliphatic carbocycles. The van der Waals surface area contributed by atoms with Crippen molar-refractivity contribution >= 4 is 0 Å². The van der Waals surface area contributed by atoms with Crippen molar-refractivity contribution in [3.63, 3.8) is 0 Å². The third kappa shape index (κ3) is 2.61. The highest BCUT2D eigenvalue weighted by molar-refractivity contribution is 5.20. The monoisotopic (exact) mass is 300 g/mol. The summed E-state index contributed by atoms with van der Waals surface area (Å²) in [5.74, 6) is 4.57. The summed E-state index contributed by atoms with van der Waals surface area (Å²) in [7, 11) is 0. The molecule has 0 aromatic rings. The molecule has 0 nitrogen and oxygen atoms in total. The number of rotatable bonds is 6. The maximum Gasteiger partial charge on any atom is -0.0131 e. The highest BCUT2D eigenvalue weighted by Gasteiger charge is 2.52. The molecular weight excluding hydrogens is 264 g/mol. The van der Waals surface area contributed by atoms with E-state index in [1.807, 2.05) is 0 Å². The molecule has 2 fully saturated rings. The van der Waals surface area contributed by atoms with Gasteiger partial charge < -0.3 is 0 Å². The van der Waals surface area contributed by atoms with Crippen molar-refractivity contribution in [3.8, 4) is 0 Å². The predicted molar refractivity (Wildman–Crippen MR) is 96.7 cm³/mol. The van der Waals surface area contributed by atoms with E-state index in [1.54, 1.807) is 0 Å². The third-order valence-electron chi connectivity index (χ3n) is 7.67. The normalized spacial score (nSPS) is 35.2. The molecule has 0 heteroatoms. The van der Waals surface area contributed by atoms with Crippen LogP contribution in [0.25, 0.3) is 0 Å². The van der Waals surface area contributed by atoms with Crippen molar-refractivity contribution in [1.82, 2.24) is 0 Å². The molecule has 0 spiro atoms. The Hall–Kier alpha value is -0.520. The van der Waals surface area contributed by atoms with Crippen molar-refractivity contribution < 1.29 is 0 Å². The van der Waals surface area contributed by atoms with Gasteiger partial charge in [-0.1, -0.05) is 70.8 Å². The Kier molecular flexibility index (Phi) is 5.15. The quantitative estimate of drug-likeness (QED) is 0.507. The summed E-state index contributed by atoms with van der Waals surface area (Å²) in [6.07, 6.45) is 22.9. The average molecular weight is 301 g/mol. The van der Waals surface area contributed by atoms with Gasteiger partial charge in [-0.2, -0.15) is 0 Å². The molecule has 4 atom stereocenters. The van der Waals surface area contributed by atoms with Crippen LogP contribution >= 0.6 is 0 Å². The first-order chi connectivity index (χ1) is 10.8. The molecular formula is C22H36. The highest BCUT2D eigenvalue weighted by atomic mass is 14.6. The number of allylic oxidation sites excluding steroid dienone is 4. The van der Waals surface area contributed by atoms with Gasteiger partial charge in [0, 0.05) is 0 Å². The Morgan fingerprint density at radius 1 is 0.909 bits per heavy atom. The minimum absolute atomic E-state index is 0.622. The van der Waals surface area contributed by atoms with Crippen molar-refractivity contribution in [2.45, 2.75) is 78.6 Å². The van der Waals surface area contributed by atoms with Crippen molar-refractivity contribution in [2.75, 3.05) is 0 Å². The van der Waals surface area contributed by atoms with Crippen LogP contribution in [0.5, 0.6) is 0 Å². The lowest BCUT2D eigenvalue weighted by atomic mass is 9.59. The van der Waals surface area contributed by atoms with Gasteiger partial charge in [-0.3, -0.25) is 0 Å². The third-order valence-corrected chi connectivity index (χ3v) is 7.67. The summed E-state index contributed by atoms with van der Waals surface area (Å²) in [6, 6.07) is 0. The smallest absolute Gasteiger partial charge is 0.0131 e. The second-order valence-electron chi connectivity index (χ2n) is 8.24. The Morgan fingerprint density at radius 2 is 1.55 bits per heavy atom. The zero-order chi connectivity index (χ0) is 15.6. The Bertz CT molecular complexity index is 406. The van der Waals surface area contributed by atoms with Gasteiger partial charge in [-0.25, -0.2) is 0 Å². The summed E-state index contributed by atoms with van der Waals surface area (Å²) >= 11 is 0. The van der Waals surface area contributed by atoms with Crippen LogP contribution in [0.2, 0.25) is 0 Å². The lowest BCUT2D eigenvalue weighted by molar-refractivity contribution is 0.0422. The molecule has 0 radical (unpaired) electrons. The molecule has 0 heterocycles. The van der Waals surface area contributed by atoms with Crippen molar-refractivity contribution in [2.24, 2.45) is 35.0 Å². The van der Waals surface area contributed by atoms with E-state index in [1.165, 1.54) is 57.8 Å². The highest BCUT2D eigenvalue weighted by Crippen LogP contribution is 2.60. The first kappa shape index (κ1) is 16.3. The SMILES string of the molecule is CCCC1CC(C(CC)(CC)C2CCCC2)C2C=CC=CC12. The fraction of sp³-hybridized carbons (Fsp3) is 0.818. The maximum atomic E-state index is 2.58. The molecule has 0 aromatic carbocycles. The van der Waals surface area contributed by atoms with Gasteiger partial charge in [0.25, 0.3) is 0 Å². The molecule has 0 aromatic heterocycles. The van der Waals surface area contributed by atoms with E-state index in [9.17, 15) is 0 Å². The summed E-state index contributed by atoms with van der Waals surface area (Å²) in [6.45, 7) is 7.35. The average Bonchev–Trinajstić information content (AvgIpc) is 3.20. The van der Waals surface area contributed by atoms with Gasteiger partial charge in [0.2, 0.25) is 0 Å². The van der Waals surface area contributed by atoms with Gasteiger partial charge in [-0.05, 0) is 67.1 Å². The van der Waals surface area contributed by atoms with Gasteiger partial charge in [-0.15, -0.1) is 0 Å². The van der Waals surface area contributed by atoms with E-state index in [2.05, 4.69) is 45.1 Å². The Labute approximate surface area is 138 Å². The van der Waals surface area contributed by atoms with Crippen LogP contribution in [0, 0.1) is 35.0 Å². The summed E-state index contributed by atoms with van der Waals surface area (Å²) in [5, 5.41) is 0. The summed E-state index contributed by atoms with van der Waals surface area (Å²) in [4.78, 5) is 0. The predicted octanol–water partition coefficient (Wildman–Crippen LogP) is 6.78. The van der Waals surface area contributed by atoms with E-state index in [0.717, 1.165) is 29.6 Å². The molecule has 3 rings (SSSR count). The topological polar surface area (TPSA) is 0 Å². The molecule has 0 aliphatic heterocycles. The summed E-state index contributed by atoms with van der Waals surface area (Å²) in [5.41, 5.74) is 0.622. The fourth-order valence-electron chi connectivity index (χ4n) is 6.61. The van der Waals surface area contributed by atoms with Crippen LogP contribution < -0.4 is 0 Å². The zero-order valence-corrected chi connectivity index (χ0v) is 15.1. The van der Waals surface area contributed by atoms with Gasteiger partial charge in [0.1, 0.15) is 0 Å². The van der Waals surface area contributed by atoms with Crippen LogP contribution in [-0.2, 0) is 0 Å². The van der Waals surface area contributed by atoms with Gasteiger partial charge >= 0.3 is 0 Å². The second kappa shape index (κ2) is 6.93. The lowest BCUT2D eigenvalue weighted by Gasteiger charge is -2.46. The fourth-order valence-corrected chi connectivity index (χ4v) is 6.61. The molecule has 0 bridgehead atoms. The molecule has 0 N–H and O–H groups in total. The number of fused-ring (bicyclic) bond motifs is 1. The minimum Gasteiger partial charge on any atom is -0.0806 e. The zero-order valence-electron chi connectivity index (χ0n) is 15.1. The van der Waals surface area contributed by atoms with E-state index in [4.69, 9.17) is 0 Å². The Balaban J connectivity index is 1.90. The van der Waals surface area contributed by atoms with Crippen molar-refractivity contribution in [1.29, 1.82) is 0 Å². The molecule has 4 unspecified atom stereocenters. The molecule has 3 aliphatic rings. The standard InChI is InChI=1S/C22H36/c1-4-11-17-16-21(20-15-10-9-14-19(17)20)22(5-2,6-3)18-12-7-8-13-18/h9-10,14-15,17-21H,4-8,11-13,16H2,1-3H3. The molecule has 0 saturated heterocycles. The molecule has 0 amide bonds. The van der Waals surface area contributed by atoms with E-state index >= 15 is 0 Å². The van der Waals surface area contributed by atoms with Crippen molar-refractivity contribution in [3.05, 3.63) is 24.3 Å². The summed E-state index contributed by atoms with van der Waals surface area (Å²) < 4.78 is 0. The van der Waals surface area contributed by atoms with Crippen LogP contribution in [0.15, 0.2) is 24.3 Å². The van der Waals surface area contributed by atoms with Gasteiger partial charge in [0.15, 0.2) is 0 Å². The van der Waals surface area contributed by atoms with E-state index in [-0.39, 0.29) is 0 Å². The molecule has 2 saturated carbocycles. The molecule has 124 valence electrons. The van der Waals surface area contributed by atoms with Crippen LogP contribution in [0.3, 0.4) is 0 Å². The molecule has 22 heavy (non-hydrogen) atoms. The van der Waals surface area contributed by atoms with Crippen LogP contribution in [0.1, 0.15) is 78.6 Å². The van der Waals surface area contributed by atoms with E-state index in [0.29, 0.717) is 5.41 Å². The van der Waals surface area contributed by atoms with Gasteiger partial charge in [0.05, 0.1) is 0 Å². The first-order valence-electron chi connectivity index (χ1n) is 10.1. The van der Waals surface area contributed by atoms with E-state index < -0.39 is 0 Å². The largest absolute Gasteiger partial charge is 0.0806 e. The number of hydrogen-bond acceptors (Lipinski definition) is 0. The number of hydrogen-bond donors (Lipinski definition) is 0. The first-order valence-corrected chi connectivity index (χ1v) is 10.1. The second-order valence-corrected chi connectivity index (χ2v) is 8.24. The maximum absolute atomic E-state index is 2.58. The van der Waals surface area contributed by atoms with Crippen LogP contribution in [-0.4, -0.2) is 0 Å². The lowest BCUT2D eigenvalue weighted by Crippen LogP contribution is -2.38. The minimum atomic E-state index is 0.622. The Morgan fingerprint density at radius 3 is 2.14 bits per heavy atom.